The highest BCUT2D eigenvalue weighted by atomic mass is 19.1. The highest BCUT2D eigenvalue weighted by Gasteiger charge is 2.04. The largest absolute Gasteiger partial charge is 0.320 e. The van der Waals surface area contributed by atoms with Gasteiger partial charge in [-0.2, -0.15) is 0 Å². The van der Waals surface area contributed by atoms with Gasteiger partial charge in [-0.15, -0.1) is 0 Å². The molecule has 2 N–H and O–H groups in total. The van der Waals surface area contributed by atoms with E-state index in [-0.39, 0.29) is 12.4 Å². The van der Waals surface area contributed by atoms with E-state index in [1.165, 1.54) is 12.1 Å². The molecule has 0 unspecified atom stereocenters. The molecule has 108 valence electrons. The first-order chi connectivity index (χ1) is 10.2. The second-order valence-electron chi connectivity index (χ2n) is 4.89. The maximum Gasteiger partial charge on any atom is 0.124 e. The SMILES string of the molecule is CN(Cc1cccnc1)Cc1cc(F)cc(C#CCN)c1. The summed E-state index contributed by atoms with van der Waals surface area (Å²) < 4.78 is 13.6. The molecule has 0 amide bonds. The van der Waals surface area contributed by atoms with Gasteiger partial charge < -0.3 is 5.73 Å². The molecule has 0 aliphatic carbocycles. The number of aromatic nitrogens is 1. The van der Waals surface area contributed by atoms with E-state index < -0.39 is 0 Å². The molecule has 0 aliphatic heterocycles. The van der Waals surface area contributed by atoms with Gasteiger partial charge >= 0.3 is 0 Å². The summed E-state index contributed by atoms with van der Waals surface area (Å²) in [6.07, 6.45) is 3.58. The summed E-state index contributed by atoms with van der Waals surface area (Å²) >= 11 is 0. The maximum atomic E-state index is 13.6. The van der Waals surface area contributed by atoms with Crippen LogP contribution in [-0.4, -0.2) is 23.5 Å². The van der Waals surface area contributed by atoms with E-state index in [9.17, 15) is 4.39 Å². The Hall–Kier alpha value is -2.22. The molecule has 4 heteroatoms. The predicted octanol–water partition coefficient (Wildman–Crippen LogP) is 2.16. The first-order valence-electron chi connectivity index (χ1n) is 6.73. The van der Waals surface area contributed by atoms with Crippen LogP contribution in [-0.2, 0) is 13.1 Å². The average molecular weight is 283 g/mol. The molecule has 2 rings (SSSR count). The Morgan fingerprint density at radius 1 is 1.24 bits per heavy atom. The normalized spacial score (nSPS) is 10.3. The molecule has 0 atom stereocenters. The zero-order valence-electron chi connectivity index (χ0n) is 12.0. The van der Waals surface area contributed by atoms with E-state index >= 15 is 0 Å². The molecule has 1 heterocycles. The lowest BCUT2D eigenvalue weighted by molar-refractivity contribution is 0.318. The molecule has 0 spiro atoms. The molecular formula is C17H18FN3. The summed E-state index contributed by atoms with van der Waals surface area (Å²) in [6.45, 7) is 1.67. The molecule has 1 aromatic heterocycles. The van der Waals surface area contributed by atoms with E-state index in [1.54, 1.807) is 6.20 Å². The fraction of sp³-hybridized carbons (Fsp3) is 0.235. The number of nitrogens with two attached hydrogens (primary N) is 1. The molecule has 0 bridgehead atoms. The summed E-state index contributed by atoms with van der Waals surface area (Å²) in [6, 6.07) is 8.78. The van der Waals surface area contributed by atoms with Gasteiger partial charge in [-0.3, -0.25) is 9.88 Å². The monoisotopic (exact) mass is 283 g/mol. The van der Waals surface area contributed by atoms with Crippen molar-refractivity contribution in [3.63, 3.8) is 0 Å². The topological polar surface area (TPSA) is 42.2 Å². The molecule has 0 fully saturated rings. The van der Waals surface area contributed by atoms with Gasteiger partial charge in [0.05, 0.1) is 6.54 Å². The van der Waals surface area contributed by atoms with Gasteiger partial charge in [0.1, 0.15) is 5.82 Å². The highest BCUT2D eigenvalue weighted by molar-refractivity contribution is 5.38. The number of nitrogens with zero attached hydrogens (tertiary/aromatic N) is 2. The second-order valence-corrected chi connectivity index (χ2v) is 4.89. The van der Waals surface area contributed by atoms with Crippen molar-refractivity contribution in [2.24, 2.45) is 5.73 Å². The quantitative estimate of drug-likeness (QED) is 0.874. The number of pyridine rings is 1. The number of hydrogen-bond acceptors (Lipinski definition) is 3. The van der Waals surface area contributed by atoms with Crippen LogP contribution in [0.2, 0.25) is 0 Å². The van der Waals surface area contributed by atoms with Crippen molar-refractivity contribution in [1.29, 1.82) is 0 Å². The number of hydrogen-bond donors (Lipinski definition) is 1. The third kappa shape index (κ3) is 4.99. The summed E-state index contributed by atoms with van der Waals surface area (Å²) in [5, 5.41) is 0. The molecule has 3 nitrogen and oxygen atoms in total. The van der Waals surface area contributed by atoms with Crippen LogP contribution in [0.15, 0.2) is 42.7 Å². The third-order valence-electron chi connectivity index (χ3n) is 2.92. The van der Waals surface area contributed by atoms with Crippen molar-refractivity contribution in [2.45, 2.75) is 13.1 Å². The van der Waals surface area contributed by atoms with Crippen molar-refractivity contribution in [3.8, 4) is 11.8 Å². The first kappa shape index (κ1) is 15.2. The minimum Gasteiger partial charge on any atom is -0.320 e. The lowest BCUT2D eigenvalue weighted by Gasteiger charge is -2.16. The Bertz CT molecular complexity index is 644. The predicted molar refractivity (Wildman–Crippen MR) is 81.7 cm³/mol. The third-order valence-corrected chi connectivity index (χ3v) is 2.92. The molecule has 2 aromatic rings. The average Bonchev–Trinajstić information content (AvgIpc) is 2.45. The summed E-state index contributed by atoms with van der Waals surface area (Å²) in [4.78, 5) is 6.19. The Balaban J connectivity index is 2.06. The van der Waals surface area contributed by atoms with E-state index in [2.05, 4.69) is 21.7 Å². The van der Waals surface area contributed by atoms with Crippen LogP contribution in [0.1, 0.15) is 16.7 Å². The van der Waals surface area contributed by atoms with Crippen molar-refractivity contribution < 1.29 is 4.39 Å². The minimum atomic E-state index is -0.274. The van der Waals surface area contributed by atoms with Crippen LogP contribution in [0, 0.1) is 17.7 Å². The molecule has 0 aliphatic rings. The van der Waals surface area contributed by atoms with Crippen LogP contribution in [0.4, 0.5) is 4.39 Å². The molecule has 21 heavy (non-hydrogen) atoms. The van der Waals surface area contributed by atoms with Gasteiger partial charge in [0.2, 0.25) is 0 Å². The van der Waals surface area contributed by atoms with Crippen LogP contribution in [0.5, 0.6) is 0 Å². The zero-order valence-corrected chi connectivity index (χ0v) is 12.0. The van der Waals surface area contributed by atoms with E-state index in [1.807, 2.05) is 31.4 Å². The van der Waals surface area contributed by atoms with E-state index in [0.29, 0.717) is 12.1 Å². The lowest BCUT2D eigenvalue weighted by Crippen LogP contribution is -2.17. The Morgan fingerprint density at radius 2 is 2.05 bits per heavy atom. The molecule has 0 radical (unpaired) electrons. The smallest absolute Gasteiger partial charge is 0.124 e. The molecule has 0 saturated carbocycles. The lowest BCUT2D eigenvalue weighted by atomic mass is 10.1. The van der Waals surface area contributed by atoms with Gasteiger partial charge in [0.25, 0.3) is 0 Å². The van der Waals surface area contributed by atoms with Crippen LogP contribution >= 0.6 is 0 Å². The standard InChI is InChI=1S/C17H18FN3/c1-21(12-15-5-3-7-20-11-15)13-16-8-14(4-2-6-19)9-17(18)10-16/h3,5,7-11H,6,12-13,19H2,1H3. The summed E-state index contributed by atoms with van der Waals surface area (Å²) in [7, 11) is 1.99. The molecule has 1 aromatic carbocycles. The van der Waals surface area contributed by atoms with Gasteiger partial charge in [0.15, 0.2) is 0 Å². The van der Waals surface area contributed by atoms with E-state index in [0.717, 1.165) is 17.7 Å². The maximum absolute atomic E-state index is 13.6. The van der Waals surface area contributed by atoms with Crippen molar-refractivity contribution in [3.05, 3.63) is 65.2 Å². The molecule has 0 saturated heterocycles. The summed E-state index contributed by atoms with van der Waals surface area (Å²) in [5.41, 5.74) is 8.01. The van der Waals surface area contributed by atoms with Gasteiger partial charge in [-0.25, -0.2) is 4.39 Å². The Kier molecular flexibility index (Phi) is 5.44. The number of halogens is 1. The summed E-state index contributed by atoms with van der Waals surface area (Å²) in [5.74, 6) is 5.33. The Labute approximate surface area is 124 Å². The minimum absolute atomic E-state index is 0.271. The highest BCUT2D eigenvalue weighted by Crippen LogP contribution is 2.12. The fourth-order valence-corrected chi connectivity index (χ4v) is 2.14. The van der Waals surface area contributed by atoms with Crippen LogP contribution in [0.3, 0.4) is 0 Å². The van der Waals surface area contributed by atoms with Gasteiger partial charge in [0, 0.05) is 31.0 Å². The van der Waals surface area contributed by atoms with Gasteiger partial charge in [-0.1, -0.05) is 17.9 Å². The van der Waals surface area contributed by atoms with E-state index in [4.69, 9.17) is 5.73 Å². The number of rotatable bonds is 4. The van der Waals surface area contributed by atoms with Crippen LogP contribution in [0.25, 0.3) is 0 Å². The second kappa shape index (κ2) is 7.53. The zero-order chi connectivity index (χ0) is 15.1. The van der Waals surface area contributed by atoms with Gasteiger partial charge in [-0.05, 0) is 42.4 Å². The Morgan fingerprint density at radius 3 is 2.76 bits per heavy atom. The van der Waals surface area contributed by atoms with Crippen LogP contribution < -0.4 is 5.73 Å². The first-order valence-corrected chi connectivity index (χ1v) is 6.73. The fourth-order valence-electron chi connectivity index (χ4n) is 2.14. The van der Waals surface area contributed by atoms with Crippen molar-refractivity contribution in [1.82, 2.24) is 9.88 Å². The number of benzene rings is 1. The van der Waals surface area contributed by atoms with Crippen molar-refractivity contribution >= 4 is 0 Å². The van der Waals surface area contributed by atoms with Crippen molar-refractivity contribution in [2.75, 3.05) is 13.6 Å². The molecular weight excluding hydrogens is 265 g/mol.